The summed E-state index contributed by atoms with van der Waals surface area (Å²) in [5.74, 6) is 3.87. The van der Waals surface area contributed by atoms with Crippen LogP contribution >= 0.6 is 0 Å². The molecule has 3 fully saturated rings. The number of rotatable bonds is 7. The third kappa shape index (κ3) is 4.94. The lowest BCUT2D eigenvalue weighted by atomic mass is 9.45. The zero-order valence-electron chi connectivity index (χ0n) is 22.2. The smallest absolute Gasteiger partial charge is 0.334 e. The van der Waals surface area contributed by atoms with Gasteiger partial charge in [0.05, 0.1) is 6.10 Å². The minimum absolute atomic E-state index is 0.0437. The molecule has 4 nitrogen and oxygen atoms in total. The Morgan fingerprint density at radius 3 is 2.58 bits per heavy atom. The monoisotopic (exact) mass is 460 g/mol. The van der Waals surface area contributed by atoms with Gasteiger partial charge in [0.2, 0.25) is 0 Å². The Hall–Kier alpha value is -0.870. The lowest BCUT2D eigenvalue weighted by molar-refractivity contribution is -0.254. The van der Waals surface area contributed by atoms with Crippen molar-refractivity contribution in [2.75, 3.05) is 13.7 Å². The summed E-state index contributed by atoms with van der Waals surface area (Å²) < 4.78 is 17.5. The molecule has 3 saturated carbocycles. The maximum Gasteiger partial charge on any atom is 0.334 e. The summed E-state index contributed by atoms with van der Waals surface area (Å²) in [4.78, 5) is 12.6. The minimum atomic E-state index is -0.529. The molecule has 0 bridgehead atoms. The van der Waals surface area contributed by atoms with E-state index < -0.39 is 5.79 Å². The Balaban J connectivity index is 1.55. The first-order valence-electron chi connectivity index (χ1n) is 13.7. The molecule has 1 aliphatic heterocycles. The molecular weight excluding hydrogens is 412 g/mol. The highest BCUT2D eigenvalue weighted by atomic mass is 16.7. The van der Waals surface area contributed by atoms with Gasteiger partial charge in [-0.2, -0.15) is 0 Å². The van der Waals surface area contributed by atoms with Gasteiger partial charge in [-0.3, -0.25) is 0 Å². The number of carbonyl (C=O) groups is 1. The van der Waals surface area contributed by atoms with Crippen LogP contribution in [0, 0.1) is 46.8 Å². The number of ether oxygens (including phenoxy) is 3. The van der Waals surface area contributed by atoms with Crippen LogP contribution in [0.15, 0.2) is 11.6 Å². The predicted molar refractivity (Wildman–Crippen MR) is 131 cm³/mol. The molecule has 1 heterocycles. The van der Waals surface area contributed by atoms with Crippen LogP contribution in [-0.4, -0.2) is 31.6 Å². The molecule has 188 valence electrons. The minimum Gasteiger partial charge on any atom is -0.458 e. The van der Waals surface area contributed by atoms with Crippen LogP contribution in [0.25, 0.3) is 0 Å². The highest BCUT2D eigenvalue weighted by Gasteiger charge is 2.57. The molecule has 4 aliphatic rings. The number of hydrogen-bond acceptors (Lipinski definition) is 4. The van der Waals surface area contributed by atoms with Crippen molar-refractivity contribution in [2.24, 2.45) is 46.8 Å². The van der Waals surface area contributed by atoms with Crippen molar-refractivity contribution in [3.05, 3.63) is 11.6 Å². The van der Waals surface area contributed by atoms with Crippen molar-refractivity contribution in [3.8, 4) is 0 Å². The van der Waals surface area contributed by atoms with Crippen LogP contribution in [0.5, 0.6) is 0 Å². The third-order valence-corrected chi connectivity index (χ3v) is 10.2. The van der Waals surface area contributed by atoms with E-state index in [9.17, 15) is 4.79 Å². The highest BCUT2D eigenvalue weighted by molar-refractivity contribution is 5.91. The molecule has 0 aromatic heterocycles. The van der Waals surface area contributed by atoms with E-state index in [1.54, 1.807) is 7.11 Å². The number of esters is 1. The summed E-state index contributed by atoms with van der Waals surface area (Å²) in [6, 6.07) is 0. The van der Waals surface area contributed by atoms with E-state index in [-0.39, 0.29) is 12.1 Å². The Kier molecular flexibility index (Phi) is 7.37. The fourth-order valence-corrected chi connectivity index (χ4v) is 8.21. The van der Waals surface area contributed by atoms with Gasteiger partial charge < -0.3 is 14.2 Å². The summed E-state index contributed by atoms with van der Waals surface area (Å²) in [5.41, 5.74) is 1.34. The molecule has 4 heteroatoms. The molecule has 0 spiro atoms. The standard InChI is InChI=1S/C29H48O4/c1-18(2)8-9-20-16-21-10-11-24-19(3)26(33-28(4,5)31-7)12-14-29(24,6)25(21)17-23(20)22-13-15-32-27(22)30/h13,18-21,23-26H,8-12,14-17H2,1-7H3/t19?,20?,21?,23-,24?,25+,26+,29?/m0/s1. The topological polar surface area (TPSA) is 44.8 Å². The van der Waals surface area contributed by atoms with Gasteiger partial charge in [0, 0.05) is 12.7 Å². The van der Waals surface area contributed by atoms with Gasteiger partial charge >= 0.3 is 5.97 Å². The molecular formula is C29H48O4. The van der Waals surface area contributed by atoms with Crippen molar-refractivity contribution in [1.82, 2.24) is 0 Å². The zero-order chi connectivity index (χ0) is 24.0. The van der Waals surface area contributed by atoms with Crippen LogP contribution in [0.4, 0.5) is 0 Å². The summed E-state index contributed by atoms with van der Waals surface area (Å²) in [6.07, 6.45) is 12.3. The first kappa shape index (κ1) is 25.2. The first-order chi connectivity index (χ1) is 15.6. The van der Waals surface area contributed by atoms with Crippen LogP contribution in [0.2, 0.25) is 0 Å². The Bertz CT molecular complexity index is 740. The van der Waals surface area contributed by atoms with Crippen molar-refractivity contribution in [2.45, 2.75) is 105 Å². The molecule has 0 aromatic rings. The van der Waals surface area contributed by atoms with E-state index in [1.165, 1.54) is 44.9 Å². The average molecular weight is 461 g/mol. The molecule has 8 atom stereocenters. The number of carbonyl (C=O) groups excluding carboxylic acids is 1. The highest BCUT2D eigenvalue weighted by Crippen LogP contribution is 2.63. The van der Waals surface area contributed by atoms with E-state index in [1.807, 2.05) is 13.8 Å². The van der Waals surface area contributed by atoms with Crippen LogP contribution in [0.1, 0.15) is 92.9 Å². The molecule has 0 saturated heterocycles. The number of hydrogen-bond donors (Lipinski definition) is 0. The van der Waals surface area contributed by atoms with E-state index in [4.69, 9.17) is 14.2 Å². The normalized spacial score (nSPS) is 41.4. The SMILES string of the molecule is COC(C)(C)O[C@@H]1CCC2(C)C(CCC3CC(CCC(C)C)[C@@H](C4=CCOC4=O)C[C@H]32)C1C. The van der Waals surface area contributed by atoms with Crippen molar-refractivity contribution < 1.29 is 19.0 Å². The first-order valence-corrected chi connectivity index (χ1v) is 13.7. The second-order valence-electron chi connectivity index (χ2n) is 12.8. The number of fused-ring (bicyclic) bond motifs is 3. The maximum atomic E-state index is 12.6. The summed E-state index contributed by atoms with van der Waals surface area (Å²) in [5, 5.41) is 0. The second-order valence-corrected chi connectivity index (χ2v) is 12.8. The van der Waals surface area contributed by atoms with Gasteiger partial charge in [0.15, 0.2) is 5.79 Å². The van der Waals surface area contributed by atoms with Gasteiger partial charge in [-0.1, -0.05) is 34.1 Å². The Morgan fingerprint density at radius 1 is 1.18 bits per heavy atom. The van der Waals surface area contributed by atoms with Gasteiger partial charge in [-0.25, -0.2) is 4.79 Å². The molecule has 5 unspecified atom stereocenters. The van der Waals surface area contributed by atoms with Crippen molar-refractivity contribution in [3.63, 3.8) is 0 Å². The summed E-state index contributed by atoms with van der Waals surface area (Å²) >= 11 is 0. The molecule has 33 heavy (non-hydrogen) atoms. The fraction of sp³-hybridized carbons (Fsp3) is 0.897. The number of cyclic esters (lactones) is 1. The molecule has 0 aromatic carbocycles. The maximum absolute atomic E-state index is 12.6. The molecule has 4 rings (SSSR count). The predicted octanol–water partition coefficient (Wildman–Crippen LogP) is 6.78. The largest absolute Gasteiger partial charge is 0.458 e. The van der Waals surface area contributed by atoms with Crippen LogP contribution in [0.3, 0.4) is 0 Å². The van der Waals surface area contributed by atoms with Crippen molar-refractivity contribution in [1.29, 1.82) is 0 Å². The average Bonchev–Trinajstić information content (AvgIpc) is 3.19. The summed E-state index contributed by atoms with van der Waals surface area (Å²) in [7, 11) is 1.74. The van der Waals surface area contributed by atoms with Gasteiger partial charge in [-0.15, -0.1) is 0 Å². The van der Waals surface area contributed by atoms with Crippen molar-refractivity contribution >= 4 is 5.97 Å². The van der Waals surface area contributed by atoms with E-state index in [0.29, 0.717) is 47.5 Å². The molecule has 0 radical (unpaired) electrons. The quantitative estimate of drug-likeness (QED) is 0.310. The molecule has 0 N–H and O–H groups in total. The Morgan fingerprint density at radius 2 is 1.94 bits per heavy atom. The lowest BCUT2D eigenvalue weighted by Crippen LogP contribution is -2.55. The lowest BCUT2D eigenvalue weighted by Gasteiger charge is -2.61. The van der Waals surface area contributed by atoms with E-state index in [2.05, 4.69) is 33.8 Å². The van der Waals surface area contributed by atoms with E-state index in [0.717, 1.165) is 17.9 Å². The third-order valence-electron chi connectivity index (χ3n) is 10.2. The number of methoxy groups -OCH3 is 1. The zero-order valence-corrected chi connectivity index (χ0v) is 22.2. The molecule has 3 aliphatic carbocycles. The van der Waals surface area contributed by atoms with Gasteiger partial charge in [-0.05, 0) is 112 Å². The van der Waals surface area contributed by atoms with Crippen LogP contribution in [-0.2, 0) is 19.0 Å². The molecule has 0 amide bonds. The van der Waals surface area contributed by atoms with Gasteiger partial charge in [0.1, 0.15) is 6.61 Å². The fourth-order valence-electron chi connectivity index (χ4n) is 8.21. The summed E-state index contributed by atoms with van der Waals surface area (Å²) in [6.45, 7) is 14.2. The van der Waals surface area contributed by atoms with Crippen LogP contribution < -0.4 is 0 Å². The van der Waals surface area contributed by atoms with E-state index >= 15 is 0 Å². The second kappa shape index (κ2) is 9.64. The van der Waals surface area contributed by atoms with Gasteiger partial charge in [0.25, 0.3) is 0 Å². The Labute approximate surface area is 202 Å².